The van der Waals surface area contributed by atoms with Crippen molar-refractivity contribution in [3.8, 4) is 0 Å². The maximum atomic E-state index is 3.40. The third kappa shape index (κ3) is 5.13. The zero-order valence-electron chi connectivity index (χ0n) is 10.9. The summed E-state index contributed by atoms with van der Waals surface area (Å²) in [5, 5.41) is 3.40. The largest absolute Gasteiger partial charge is 0.313 e. The van der Waals surface area contributed by atoms with Crippen molar-refractivity contribution in [1.82, 2.24) is 5.32 Å². The molecule has 1 nitrogen and oxygen atoms in total. The fourth-order valence-electron chi connectivity index (χ4n) is 1.76. The second-order valence-corrected chi connectivity index (χ2v) is 4.88. The molecule has 0 aliphatic rings. The first-order valence-electron chi connectivity index (χ1n) is 6.03. The van der Waals surface area contributed by atoms with E-state index >= 15 is 0 Å². The molecule has 16 heavy (non-hydrogen) atoms. The molecule has 1 N–H and O–H groups in total. The van der Waals surface area contributed by atoms with E-state index in [1.54, 1.807) is 0 Å². The van der Waals surface area contributed by atoms with E-state index in [2.05, 4.69) is 63.4 Å². The van der Waals surface area contributed by atoms with Gasteiger partial charge in [-0.05, 0) is 31.9 Å². The van der Waals surface area contributed by atoms with Gasteiger partial charge in [-0.3, -0.25) is 0 Å². The third-order valence-electron chi connectivity index (χ3n) is 2.37. The lowest BCUT2D eigenvalue weighted by Gasteiger charge is -2.04. The summed E-state index contributed by atoms with van der Waals surface area (Å²) in [5.74, 6) is 0.717. The number of rotatable bonds is 5. The molecule has 0 bridgehead atoms. The summed E-state index contributed by atoms with van der Waals surface area (Å²) in [7, 11) is 0. The second-order valence-electron chi connectivity index (χ2n) is 4.88. The van der Waals surface area contributed by atoms with Gasteiger partial charge in [0.1, 0.15) is 0 Å². The van der Waals surface area contributed by atoms with Crippen LogP contribution in [0, 0.1) is 19.8 Å². The van der Waals surface area contributed by atoms with E-state index in [0.29, 0.717) is 0 Å². The standard InChI is InChI=1S/C15H23N/c1-12(2)11-16-7-5-6-15-9-13(3)8-14(4)10-15/h5-6,8-10,12,16H,7,11H2,1-4H3. The first-order valence-corrected chi connectivity index (χ1v) is 6.03. The van der Waals surface area contributed by atoms with Crippen molar-refractivity contribution < 1.29 is 0 Å². The van der Waals surface area contributed by atoms with Gasteiger partial charge < -0.3 is 5.32 Å². The number of benzene rings is 1. The maximum Gasteiger partial charge on any atom is 0.0138 e. The van der Waals surface area contributed by atoms with Crippen molar-refractivity contribution in [2.75, 3.05) is 13.1 Å². The molecule has 0 saturated carbocycles. The first-order chi connectivity index (χ1) is 7.58. The number of hydrogen-bond acceptors (Lipinski definition) is 1. The summed E-state index contributed by atoms with van der Waals surface area (Å²) < 4.78 is 0. The molecule has 88 valence electrons. The Morgan fingerprint density at radius 1 is 1.12 bits per heavy atom. The van der Waals surface area contributed by atoms with Crippen molar-refractivity contribution in [1.29, 1.82) is 0 Å². The molecule has 1 aromatic carbocycles. The van der Waals surface area contributed by atoms with Gasteiger partial charge in [-0.25, -0.2) is 0 Å². The minimum Gasteiger partial charge on any atom is -0.313 e. The van der Waals surface area contributed by atoms with E-state index in [0.717, 1.165) is 19.0 Å². The topological polar surface area (TPSA) is 12.0 Å². The molecule has 0 unspecified atom stereocenters. The normalized spacial score (nSPS) is 11.6. The predicted octanol–water partition coefficient (Wildman–Crippen LogP) is 3.56. The van der Waals surface area contributed by atoms with Crippen LogP contribution >= 0.6 is 0 Å². The third-order valence-corrected chi connectivity index (χ3v) is 2.37. The van der Waals surface area contributed by atoms with Crippen molar-refractivity contribution in [2.24, 2.45) is 5.92 Å². The second kappa shape index (κ2) is 6.49. The van der Waals surface area contributed by atoms with E-state index in [4.69, 9.17) is 0 Å². The van der Waals surface area contributed by atoms with Gasteiger partial charge in [-0.15, -0.1) is 0 Å². The van der Waals surface area contributed by atoms with E-state index in [-0.39, 0.29) is 0 Å². The highest BCUT2D eigenvalue weighted by atomic mass is 14.8. The van der Waals surface area contributed by atoms with Gasteiger partial charge >= 0.3 is 0 Å². The van der Waals surface area contributed by atoms with Gasteiger partial charge in [0.15, 0.2) is 0 Å². The minimum absolute atomic E-state index is 0.717. The molecule has 0 amide bonds. The summed E-state index contributed by atoms with van der Waals surface area (Å²) in [6, 6.07) is 6.63. The van der Waals surface area contributed by atoms with E-state index in [1.165, 1.54) is 16.7 Å². The van der Waals surface area contributed by atoms with Crippen LogP contribution in [0.1, 0.15) is 30.5 Å². The van der Waals surface area contributed by atoms with Crippen LogP contribution in [0.3, 0.4) is 0 Å². The number of aryl methyl sites for hydroxylation is 2. The zero-order chi connectivity index (χ0) is 12.0. The van der Waals surface area contributed by atoms with Gasteiger partial charge in [0.2, 0.25) is 0 Å². The Balaban J connectivity index is 2.43. The van der Waals surface area contributed by atoms with Gasteiger partial charge in [0, 0.05) is 6.54 Å². The van der Waals surface area contributed by atoms with E-state index in [9.17, 15) is 0 Å². The molecular formula is C15H23N. The zero-order valence-corrected chi connectivity index (χ0v) is 10.9. The Morgan fingerprint density at radius 2 is 1.75 bits per heavy atom. The molecule has 0 aliphatic carbocycles. The molecule has 1 rings (SSSR count). The molecule has 0 spiro atoms. The molecule has 0 aromatic heterocycles. The Labute approximate surface area is 99.6 Å². The van der Waals surface area contributed by atoms with Crippen LogP contribution in [0.2, 0.25) is 0 Å². The maximum absolute atomic E-state index is 3.40. The number of nitrogens with one attached hydrogen (secondary N) is 1. The van der Waals surface area contributed by atoms with Crippen LogP contribution in [0.25, 0.3) is 6.08 Å². The molecule has 0 aliphatic heterocycles. The highest BCUT2D eigenvalue weighted by Gasteiger charge is 1.92. The molecule has 1 aromatic rings. The van der Waals surface area contributed by atoms with Crippen molar-refractivity contribution in [3.63, 3.8) is 0 Å². The quantitative estimate of drug-likeness (QED) is 0.744. The number of hydrogen-bond donors (Lipinski definition) is 1. The molecular weight excluding hydrogens is 194 g/mol. The van der Waals surface area contributed by atoms with Crippen LogP contribution in [-0.4, -0.2) is 13.1 Å². The van der Waals surface area contributed by atoms with Crippen LogP contribution < -0.4 is 5.32 Å². The van der Waals surface area contributed by atoms with E-state index in [1.807, 2.05) is 0 Å². The average Bonchev–Trinajstić information content (AvgIpc) is 2.15. The minimum atomic E-state index is 0.717. The highest BCUT2D eigenvalue weighted by molar-refractivity contribution is 5.51. The Hall–Kier alpha value is -1.08. The summed E-state index contributed by atoms with van der Waals surface area (Å²) >= 11 is 0. The smallest absolute Gasteiger partial charge is 0.0138 e. The molecule has 0 atom stereocenters. The van der Waals surface area contributed by atoms with Crippen LogP contribution in [0.15, 0.2) is 24.3 Å². The summed E-state index contributed by atoms with van der Waals surface area (Å²) in [6.45, 7) is 10.8. The lowest BCUT2D eigenvalue weighted by molar-refractivity contribution is 0.577. The average molecular weight is 217 g/mol. The fourth-order valence-corrected chi connectivity index (χ4v) is 1.76. The summed E-state index contributed by atoms with van der Waals surface area (Å²) in [4.78, 5) is 0. The first kappa shape index (κ1) is 13.0. The predicted molar refractivity (Wildman–Crippen MR) is 72.7 cm³/mol. The van der Waals surface area contributed by atoms with Crippen LogP contribution in [0.4, 0.5) is 0 Å². The Morgan fingerprint density at radius 3 is 2.31 bits per heavy atom. The van der Waals surface area contributed by atoms with Crippen molar-refractivity contribution >= 4 is 6.08 Å². The van der Waals surface area contributed by atoms with Crippen LogP contribution in [-0.2, 0) is 0 Å². The summed E-state index contributed by atoms with van der Waals surface area (Å²) in [6.07, 6.45) is 4.38. The molecule has 0 saturated heterocycles. The van der Waals surface area contributed by atoms with Crippen molar-refractivity contribution in [3.05, 3.63) is 41.0 Å². The van der Waals surface area contributed by atoms with Crippen LogP contribution in [0.5, 0.6) is 0 Å². The summed E-state index contributed by atoms with van der Waals surface area (Å²) in [5.41, 5.74) is 3.95. The van der Waals surface area contributed by atoms with Crippen molar-refractivity contribution in [2.45, 2.75) is 27.7 Å². The van der Waals surface area contributed by atoms with Gasteiger partial charge in [-0.2, -0.15) is 0 Å². The molecule has 1 heteroatoms. The lowest BCUT2D eigenvalue weighted by Crippen LogP contribution is -2.19. The SMILES string of the molecule is Cc1cc(C)cc(C=CCNCC(C)C)c1. The van der Waals surface area contributed by atoms with Gasteiger partial charge in [0.05, 0.1) is 0 Å². The lowest BCUT2D eigenvalue weighted by atomic mass is 10.1. The van der Waals surface area contributed by atoms with Gasteiger partial charge in [-0.1, -0.05) is 55.3 Å². The Bertz CT molecular complexity index is 330. The Kier molecular flexibility index (Phi) is 5.27. The molecule has 0 fully saturated rings. The molecule has 0 heterocycles. The van der Waals surface area contributed by atoms with E-state index < -0.39 is 0 Å². The molecule has 0 radical (unpaired) electrons. The monoisotopic (exact) mass is 217 g/mol. The highest BCUT2D eigenvalue weighted by Crippen LogP contribution is 2.09. The van der Waals surface area contributed by atoms with Gasteiger partial charge in [0.25, 0.3) is 0 Å². The fraction of sp³-hybridized carbons (Fsp3) is 0.467.